The Bertz CT molecular complexity index is 1250. The minimum absolute atomic E-state index is 0.227. The molecule has 1 aromatic heterocycles. The Balaban J connectivity index is 1.43. The standard InChI is InChI=1S/C24H15ClN2O3S/c25-19-12-10-15(11-13-19)20-14-31-24(26-20)27-23(30)18-8-6-17(7-9-18)22(29)21(28)16-4-2-1-3-5-16/h1-14H,(H,26,27,30). The minimum atomic E-state index is -0.620. The molecule has 0 aliphatic carbocycles. The van der Waals surface area contributed by atoms with Gasteiger partial charge in [0.05, 0.1) is 5.69 Å². The van der Waals surface area contributed by atoms with Gasteiger partial charge in [-0.05, 0) is 24.3 Å². The number of nitrogens with one attached hydrogen (secondary N) is 1. The number of ketones is 2. The van der Waals surface area contributed by atoms with E-state index in [0.29, 0.717) is 21.3 Å². The van der Waals surface area contributed by atoms with Crippen molar-refractivity contribution < 1.29 is 14.4 Å². The summed E-state index contributed by atoms with van der Waals surface area (Å²) < 4.78 is 0. The van der Waals surface area contributed by atoms with Crippen molar-refractivity contribution in [2.24, 2.45) is 0 Å². The Morgan fingerprint density at radius 2 is 1.32 bits per heavy atom. The van der Waals surface area contributed by atoms with Crippen LogP contribution in [0, 0.1) is 0 Å². The molecule has 0 radical (unpaired) electrons. The SMILES string of the molecule is O=C(Nc1nc(-c2ccc(Cl)cc2)cs1)c1ccc(C(=O)C(=O)c2ccccc2)cc1. The fraction of sp³-hybridized carbons (Fsp3) is 0. The molecule has 0 saturated heterocycles. The van der Waals surface area contributed by atoms with Crippen molar-refractivity contribution in [1.29, 1.82) is 0 Å². The van der Waals surface area contributed by atoms with E-state index in [0.717, 1.165) is 11.3 Å². The van der Waals surface area contributed by atoms with E-state index >= 15 is 0 Å². The molecule has 0 fully saturated rings. The summed E-state index contributed by atoms with van der Waals surface area (Å²) in [7, 11) is 0. The first-order valence-corrected chi connectivity index (χ1v) is 10.5. The molecule has 0 aliphatic rings. The minimum Gasteiger partial charge on any atom is -0.298 e. The number of hydrogen-bond acceptors (Lipinski definition) is 5. The Hall–Kier alpha value is -3.61. The zero-order valence-corrected chi connectivity index (χ0v) is 17.6. The first-order valence-electron chi connectivity index (χ1n) is 9.28. The van der Waals surface area contributed by atoms with Crippen LogP contribution in [0.25, 0.3) is 11.3 Å². The maximum atomic E-state index is 12.5. The van der Waals surface area contributed by atoms with Crippen LogP contribution in [0.3, 0.4) is 0 Å². The average molecular weight is 447 g/mol. The summed E-state index contributed by atoms with van der Waals surface area (Å²) >= 11 is 7.21. The van der Waals surface area contributed by atoms with Gasteiger partial charge in [-0.25, -0.2) is 4.98 Å². The molecule has 1 amide bonds. The van der Waals surface area contributed by atoms with E-state index in [1.165, 1.54) is 35.6 Å². The number of amides is 1. The van der Waals surface area contributed by atoms with Gasteiger partial charge in [0.15, 0.2) is 5.13 Å². The number of nitrogens with zero attached hydrogens (tertiary/aromatic N) is 1. The van der Waals surface area contributed by atoms with E-state index in [9.17, 15) is 14.4 Å². The molecule has 3 aromatic carbocycles. The molecule has 1 heterocycles. The number of aromatic nitrogens is 1. The van der Waals surface area contributed by atoms with Crippen molar-refractivity contribution in [3.63, 3.8) is 0 Å². The van der Waals surface area contributed by atoms with Gasteiger partial charge in [-0.2, -0.15) is 0 Å². The van der Waals surface area contributed by atoms with Gasteiger partial charge in [-0.3, -0.25) is 19.7 Å². The van der Waals surface area contributed by atoms with Crippen molar-refractivity contribution >= 4 is 45.5 Å². The highest BCUT2D eigenvalue weighted by Crippen LogP contribution is 2.26. The van der Waals surface area contributed by atoms with Crippen LogP contribution in [0.4, 0.5) is 5.13 Å². The van der Waals surface area contributed by atoms with Crippen molar-refractivity contribution in [3.05, 3.63) is 106 Å². The molecule has 0 unspecified atom stereocenters. The fourth-order valence-electron chi connectivity index (χ4n) is 2.88. The first-order chi connectivity index (χ1) is 15.0. The summed E-state index contributed by atoms with van der Waals surface area (Å²) in [5.41, 5.74) is 2.54. The highest BCUT2D eigenvalue weighted by molar-refractivity contribution is 7.14. The number of anilines is 1. The van der Waals surface area contributed by atoms with E-state index in [2.05, 4.69) is 10.3 Å². The van der Waals surface area contributed by atoms with E-state index < -0.39 is 11.6 Å². The molecule has 0 aliphatic heterocycles. The number of halogens is 1. The number of thiazole rings is 1. The molecule has 0 bridgehead atoms. The van der Waals surface area contributed by atoms with Crippen molar-refractivity contribution in [3.8, 4) is 11.3 Å². The molecule has 0 saturated carbocycles. The van der Waals surface area contributed by atoms with Crippen molar-refractivity contribution in [2.75, 3.05) is 5.32 Å². The van der Waals surface area contributed by atoms with Gasteiger partial charge < -0.3 is 0 Å². The van der Waals surface area contributed by atoms with E-state index in [1.807, 2.05) is 17.5 Å². The summed E-state index contributed by atoms with van der Waals surface area (Å²) in [5, 5.41) is 5.68. The molecule has 4 aromatic rings. The number of Topliss-reactive ketones (excluding diaryl/α,β-unsaturated/α-hetero) is 2. The third kappa shape index (κ3) is 4.77. The number of hydrogen-bond donors (Lipinski definition) is 1. The number of benzene rings is 3. The Labute approximate surface area is 187 Å². The fourth-order valence-corrected chi connectivity index (χ4v) is 3.72. The third-order valence-corrected chi connectivity index (χ3v) is 5.53. The Kier molecular flexibility index (Phi) is 6.02. The molecule has 0 spiro atoms. The maximum absolute atomic E-state index is 12.5. The highest BCUT2D eigenvalue weighted by atomic mass is 35.5. The Morgan fingerprint density at radius 3 is 1.97 bits per heavy atom. The molecular formula is C24H15ClN2O3S. The monoisotopic (exact) mass is 446 g/mol. The van der Waals surface area contributed by atoms with Crippen LogP contribution in [0.15, 0.2) is 84.2 Å². The van der Waals surface area contributed by atoms with Gasteiger partial charge in [0.2, 0.25) is 11.6 Å². The highest BCUT2D eigenvalue weighted by Gasteiger charge is 2.18. The second-order valence-electron chi connectivity index (χ2n) is 6.60. The summed E-state index contributed by atoms with van der Waals surface area (Å²) in [4.78, 5) is 41.7. The first kappa shape index (κ1) is 20.7. The lowest BCUT2D eigenvalue weighted by molar-refractivity contribution is 0.0817. The largest absolute Gasteiger partial charge is 0.298 e. The van der Waals surface area contributed by atoms with Gasteiger partial charge in [0.1, 0.15) is 0 Å². The average Bonchev–Trinajstić information content (AvgIpc) is 3.27. The second kappa shape index (κ2) is 9.04. The van der Waals surface area contributed by atoms with E-state index in [1.54, 1.807) is 42.5 Å². The smallest absolute Gasteiger partial charge is 0.257 e. The zero-order chi connectivity index (χ0) is 21.8. The number of rotatable bonds is 6. The predicted octanol–water partition coefficient (Wildman–Crippen LogP) is 5.78. The summed E-state index contributed by atoms with van der Waals surface area (Å²) in [6, 6.07) is 21.6. The van der Waals surface area contributed by atoms with Crippen LogP contribution >= 0.6 is 22.9 Å². The van der Waals surface area contributed by atoms with Gasteiger partial charge in [-0.1, -0.05) is 66.2 Å². The van der Waals surface area contributed by atoms with Crippen LogP contribution in [0.2, 0.25) is 5.02 Å². The van der Waals surface area contributed by atoms with Crippen molar-refractivity contribution in [2.45, 2.75) is 0 Å². The van der Waals surface area contributed by atoms with E-state index in [-0.39, 0.29) is 11.5 Å². The normalized spacial score (nSPS) is 10.5. The van der Waals surface area contributed by atoms with Crippen LogP contribution in [0.1, 0.15) is 31.1 Å². The molecule has 5 nitrogen and oxygen atoms in total. The zero-order valence-electron chi connectivity index (χ0n) is 16.0. The van der Waals surface area contributed by atoms with Gasteiger partial charge in [-0.15, -0.1) is 11.3 Å². The van der Waals surface area contributed by atoms with Crippen LogP contribution in [0.5, 0.6) is 0 Å². The third-order valence-electron chi connectivity index (χ3n) is 4.52. The number of carbonyl (C=O) groups is 3. The molecule has 0 atom stereocenters. The maximum Gasteiger partial charge on any atom is 0.257 e. The molecule has 1 N–H and O–H groups in total. The van der Waals surface area contributed by atoms with Crippen LogP contribution < -0.4 is 5.32 Å². The summed E-state index contributed by atoms with van der Waals surface area (Å²) in [6.07, 6.45) is 0. The van der Waals surface area contributed by atoms with Gasteiger partial charge in [0.25, 0.3) is 5.91 Å². The predicted molar refractivity (Wildman–Crippen MR) is 122 cm³/mol. The lowest BCUT2D eigenvalue weighted by Gasteiger charge is -2.04. The van der Waals surface area contributed by atoms with Gasteiger partial charge in [0, 0.05) is 32.7 Å². The molecule has 31 heavy (non-hydrogen) atoms. The summed E-state index contributed by atoms with van der Waals surface area (Å²) in [6.45, 7) is 0. The van der Waals surface area contributed by atoms with Crippen LogP contribution in [-0.2, 0) is 0 Å². The molecular weight excluding hydrogens is 432 g/mol. The van der Waals surface area contributed by atoms with E-state index in [4.69, 9.17) is 11.6 Å². The van der Waals surface area contributed by atoms with Gasteiger partial charge >= 0.3 is 0 Å². The van der Waals surface area contributed by atoms with Crippen molar-refractivity contribution in [1.82, 2.24) is 4.98 Å². The quantitative estimate of drug-likeness (QED) is 0.301. The lowest BCUT2D eigenvalue weighted by atomic mass is 10.0. The lowest BCUT2D eigenvalue weighted by Crippen LogP contribution is -2.15. The van der Waals surface area contributed by atoms with Crippen LogP contribution in [-0.4, -0.2) is 22.5 Å². The Morgan fingerprint density at radius 1 is 0.742 bits per heavy atom. The molecule has 152 valence electrons. The molecule has 4 rings (SSSR count). The molecule has 7 heteroatoms. The second-order valence-corrected chi connectivity index (χ2v) is 7.90. The topological polar surface area (TPSA) is 76.1 Å². The number of carbonyl (C=O) groups excluding carboxylic acids is 3. The summed E-state index contributed by atoms with van der Waals surface area (Å²) in [5.74, 6) is -1.56.